The third-order valence-electron chi connectivity index (χ3n) is 3.06. The summed E-state index contributed by atoms with van der Waals surface area (Å²) in [4.78, 5) is 25.0. The zero-order valence-electron chi connectivity index (χ0n) is 12.4. The lowest BCUT2D eigenvalue weighted by molar-refractivity contribution is -0.137. The molecule has 1 rings (SSSR count). The maximum atomic E-state index is 11.8. The van der Waals surface area contributed by atoms with E-state index >= 15 is 0 Å². The summed E-state index contributed by atoms with van der Waals surface area (Å²) in [5, 5.41) is 11.6. The second-order valence-electron chi connectivity index (χ2n) is 5.69. The number of aliphatic carboxylic acids is 1. The standard InChI is InChI=1S/C15H23NO3S/c1-11-7-8-12(20-11)5-4-6-13(17)16-15(2,3)10-9-14(18)19/h7-8H,4-6,9-10H2,1-3H3,(H,16,17)(H,18,19). The lowest BCUT2D eigenvalue weighted by atomic mass is 9.98. The van der Waals surface area contributed by atoms with Crippen LogP contribution in [0.4, 0.5) is 0 Å². The van der Waals surface area contributed by atoms with Gasteiger partial charge in [-0.05, 0) is 52.2 Å². The molecule has 0 aliphatic carbocycles. The molecule has 4 nitrogen and oxygen atoms in total. The summed E-state index contributed by atoms with van der Waals surface area (Å²) in [6.07, 6.45) is 2.73. The molecule has 20 heavy (non-hydrogen) atoms. The molecule has 0 atom stereocenters. The first-order chi connectivity index (χ1) is 9.28. The first-order valence-electron chi connectivity index (χ1n) is 6.87. The molecule has 2 N–H and O–H groups in total. The number of hydrogen-bond donors (Lipinski definition) is 2. The van der Waals surface area contributed by atoms with Crippen molar-refractivity contribution >= 4 is 23.2 Å². The Morgan fingerprint density at radius 3 is 2.55 bits per heavy atom. The van der Waals surface area contributed by atoms with E-state index in [1.165, 1.54) is 9.75 Å². The van der Waals surface area contributed by atoms with Gasteiger partial charge in [0.05, 0.1) is 0 Å². The molecule has 0 radical (unpaired) electrons. The van der Waals surface area contributed by atoms with E-state index in [9.17, 15) is 9.59 Å². The average Bonchev–Trinajstić information content (AvgIpc) is 2.72. The van der Waals surface area contributed by atoms with Crippen molar-refractivity contribution in [3.05, 3.63) is 21.9 Å². The molecule has 0 saturated carbocycles. The number of carboxylic acid groups (broad SMARTS) is 1. The summed E-state index contributed by atoms with van der Waals surface area (Å²) in [7, 11) is 0. The molecule has 1 aromatic rings. The predicted molar refractivity (Wildman–Crippen MR) is 81.1 cm³/mol. The first kappa shape index (κ1) is 16.7. The minimum atomic E-state index is -0.833. The molecule has 1 amide bonds. The van der Waals surface area contributed by atoms with E-state index in [0.29, 0.717) is 12.8 Å². The van der Waals surface area contributed by atoms with E-state index in [0.717, 1.165) is 12.8 Å². The van der Waals surface area contributed by atoms with Gasteiger partial charge in [-0.25, -0.2) is 0 Å². The fraction of sp³-hybridized carbons (Fsp3) is 0.600. The van der Waals surface area contributed by atoms with Crippen molar-refractivity contribution in [3.63, 3.8) is 0 Å². The Balaban J connectivity index is 2.27. The van der Waals surface area contributed by atoms with Crippen LogP contribution in [0.3, 0.4) is 0 Å². The molecular weight excluding hydrogens is 274 g/mol. The molecule has 1 aromatic heterocycles. The molecule has 0 aliphatic rings. The number of aryl methyl sites for hydroxylation is 2. The smallest absolute Gasteiger partial charge is 0.303 e. The number of hydrogen-bond acceptors (Lipinski definition) is 3. The van der Waals surface area contributed by atoms with E-state index in [1.54, 1.807) is 11.3 Å². The van der Waals surface area contributed by atoms with Gasteiger partial charge < -0.3 is 10.4 Å². The zero-order valence-corrected chi connectivity index (χ0v) is 13.2. The second-order valence-corrected chi connectivity index (χ2v) is 7.06. The van der Waals surface area contributed by atoms with Gasteiger partial charge in [0.1, 0.15) is 0 Å². The number of carbonyl (C=O) groups is 2. The summed E-state index contributed by atoms with van der Waals surface area (Å²) in [5.41, 5.74) is -0.463. The average molecular weight is 297 g/mol. The maximum Gasteiger partial charge on any atom is 0.303 e. The summed E-state index contributed by atoms with van der Waals surface area (Å²) in [6.45, 7) is 5.79. The van der Waals surface area contributed by atoms with Gasteiger partial charge in [0.2, 0.25) is 5.91 Å². The van der Waals surface area contributed by atoms with Gasteiger partial charge in [-0.15, -0.1) is 11.3 Å². The number of thiophene rings is 1. The molecule has 112 valence electrons. The number of carboxylic acids is 1. The van der Waals surface area contributed by atoms with Gasteiger partial charge in [-0.2, -0.15) is 0 Å². The van der Waals surface area contributed by atoms with Crippen molar-refractivity contribution in [1.29, 1.82) is 0 Å². The van der Waals surface area contributed by atoms with Crippen LogP contribution in [0.25, 0.3) is 0 Å². The number of carbonyl (C=O) groups excluding carboxylic acids is 1. The molecule has 0 saturated heterocycles. The molecule has 0 unspecified atom stereocenters. The Morgan fingerprint density at radius 1 is 1.30 bits per heavy atom. The first-order valence-corrected chi connectivity index (χ1v) is 7.68. The maximum absolute atomic E-state index is 11.8. The Labute approximate surface area is 124 Å². The van der Waals surface area contributed by atoms with Crippen molar-refractivity contribution in [3.8, 4) is 0 Å². The van der Waals surface area contributed by atoms with Crippen LogP contribution in [-0.2, 0) is 16.0 Å². The molecule has 0 fully saturated rings. The van der Waals surface area contributed by atoms with Gasteiger partial charge in [-0.3, -0.25) is 9.59 Å². The van der Waals surface area contributed by atoms with Crippen LogP contribution in [0.1, 0.15) is 49.3 Å². The van der Waals surface area contributed by atoms with Crippen LogP contribution < -0.4 is 5.32 Å². The van der Waals surface area contributed by atoms with Gasteiger partial charge >= 0.3 is 5.97 Å². The highest BCUT2D eigenvalue weighted by Crippen LogP contribution is 2.17. The highest BCUT2D eigenvalue weighted by Gasteiger charge is 2.21. The minimum Gasteiger partial charge on any atom is -0.481 e. The number of amides is 1. The Bertz CT molecular complexity index is 465. The van der Waals surface area contributed by atoms with Crippen LogP contribution >= 0.6 is 11.3 Å². The zero-order chi connectivity index (χ0) is 15.2. The molecule has 5 heteroatoms. The van der Waals surface area contributed by atoms with E-state index in [4.69, 9.17) is 5.11 Å². The Kier molecular flexibility index (Phi) is 6.20. The summed E-state index contributed by atoms with van der Waals surface area (Å²) >= 11 is 1.77. The normalized spacial score (nSPS) is 11.3. The highest BCUT2D eigenvalue weighted by atomic mass is 32.1. The van der Waals surface area contributed by atoms with E-state index < -0.39 is 11.5 Å². The SMILES string of the molecule is Cc1ccc(CCCC(=O)NC(C)(C)CCC(=O)O)s1. The van der Waals surface area contributed by atoms with Crippen molar-refractivity contribution in [2.45, 2.75) is 58.4 Å². The molecular formula is C15H23NO3S. The van der Waals surface area contributed by atoms with E-state index in [2.05, 4.69) is 24.4 Å². The van der Waals surface area contributed by atoms with Gasteiger partial charge in [-0.1, -0.05) is 0 Å². The molecule has 0 aliphatic heterocycles. The topological polar surface area (TPSA) is 66.4 Å². The Hall–Kier alpha value is -1.36. The largest absolute Gasteiger partial charge is 0.481 e. The van der Waals surface area contributed by atoms with Gasteiger partial charge in [0.15, 0.2) is 0 Å². The van der Waals surface area contributed by atoms with Gasteiger partial charge in [0.25, 0.3) is 0 Å². The van der Waals surface area contributed by atoms with Crippen LogP contribution in [-0.4, -0.2) is 22.5 Å². The summed E-state index contributed by atoms with van der Waals surface area (Å²) in [6, 6.07) is 4.20. The monoisotopic (exact) mass is 297 g/mol. The minimum absolute atomic E-state index is 0.00586. The quantitative estimate of drug-likeness (QED) is 0.774. The summed E-state index contributed by atoms with van der Waals surface area (Å²) < 4.78 is 0. The Morgan fingerprint density at radius 2 is 2.00 bits per heavy atom. The van der Waals surface area contributed by atoms with Crippen LogP contribution in [0.2, 0.25) is 0 Å². The molecule has 0 bridgehead atoms. The van der Waals surface area contributed by atoms with Crippen LogP contribution in [0.5, 0.6) is 0 Å². The summed E-state index contributed by atoms with van der Waals surface area (Å²) in [5.74, 6) is -0.839. The van der Waals surface area contributed by atoms with Crippen LogP contribution in [0.15, 0.2) is 12.1 Å². The lowest BCUT2D eigenvalue weighted by Crippen LogP contribution is -2.43. The third-order valence-corrected chi connectivity index (χ3v) is 4.13. The second kappa shape index (κ2) is 7.43. The van der Waals surface area contributed by atoms with Gasteiger partial charge in [0, 0.05) is 28.1 Å². The van der Waals surface area contributed by atoms with E-state index in [1.807, 2.05) is 13.8 Å². The number of rotatable bonds is 8. The van der Waals surface area contributed by atoms with Crippen LogP contribution in [0, 0.1) is 6.92 Å². The lowest BCUT2D eigenvalue weighted by Gasteiger charge is -2.25. The fourth-order valence-corrected chi connectivity index (χ4v) is 2.90. The highest BCUT2D eigenvalue weighted by molar-refractivity contribution is 7.11. The number of nitrogens with one attached hydrogen (secondary N) is 1. The van der Waals surface area contributed by atoms with Crippen molar-refractivity contribution in [1.82, 2.24) is 5.32 Å². The van der Waals surface area contributed by atoms with Crippen molar-refractivity contribution in [2.24, 2.45) is 0 Å². The van der Waals surface area contributed by atoms with E-state index in [-0.39, 0.29) is 12.3 Å². The van der Waals surface area contributed by atoms with Crippen molar-refractivity contribution in [2.75, 3.05) is 0 Å². The third kappa shape index (κ3) is 6.70. The predicted octanol–water partition coefficient (Wildman–Crippen LogP) is 3.14. The molecule has 0 spiro atoms. The fourth-order valence-electron chi connectivity index (χ4n) is 1.96. The molecule has 1 heterocycles. The molecule has 0 aromatic carbocycles. The van der Waals surface area contributed by atoms with Crippen molar-refractivity contribution < 1.29 is 14.7 Å².